The van der Waals surface area contributed by atoms with Crippen molar-refractivity contribution in [1.29, 1.82) is 0 Å². The van der Waals surface area contributed by atoms with Gasteiger partial charge in [0.05, 0.1) is 19.3 Å². The zero-order chi connectivity index (χ0) is 15.9. The lowest BCUT2D eigenvalue weighted by atomic mass is 10.2. The standard InChI is InChI=1S/C15H18N4O3/c1-10(19-14(21)9-17-13(20)7-16)15-18-8-12(22-15)11-5-3-2-4-6-11/h2-6,8,10H,7,9,16H2,1H3,(H,17,20)(H,19,21). The molecule has 0 radical (unpaired) electrons. The van der Waals surface area contributed by atoms with Crippen molar-refractivity contribution in [2.75, 3.05) is 13.1 Å². The maximum absolute atomic E-state index is 11.7. The van der Waals surface area contributed by atoms with Crippen molar-refractivity contribution < 1.29 is 14.0 Å². The van der Waals surface area contributed by atoms with Crippen LogP contribution in [0.1, 0.15) is 18.9 Å². The SMILES string of the molecule is CC(NC(=O)CNC(=O)CN)c1ncc(-c2ccccc2)o1. The molecule has 0 aliphatic carbocycles. The first-order valence-electron chi connectivity index (χ1n) is 6.87. The Bertz CT molecular complexity index is 639. The highest BCUT2D eigenvalue weighted by Crippen LogP contribution is 2.22. The summed E-state index contributed by atoms with van der Waals surface area (Å²) in [6.07, 6.45) is 1.61. The van der Waals surface area contributed by atoms with Crippen LogP contribution in [-0.4, -0.2) is 29.9 Å². The van der Waals surface area contributed by atoms with Gasteiger partial charge in [0.1, 0.15) is 6.04 Å². The summed E-state index contributed by atoms with van der Waals surface area (Å²) < 4.78 is 5.65. The first kappa shape index (κ1) is 15.7. The van der Waals surface area contributed by atoms with E-state index in [-0.39, 0.29) is 24.9 Å². The summed E-state index contributed by atoms with van der Waals surface area (Å²) in [7, 11) is 0. The Morgan fingerprint density at radius 3 is 2.68 bits per heavy atom. The molecule has 4 N–H and O–H groups in total. The van der Waals surface area contributed by atoms with Gasteiger partial charge in [-0.05, 0) is 6.92 Å². The number of hydrogen-bond donors (Lipinski definition) is 3. The Labute approximate surface area is 127 Å². The molecular weight excluding hydrogens is 284 g/mol. The van der Waals surface area contributed by atoms with Gasteiger partial charge in [-0.15, -0.1) is 0 Å². The first-order chi connectivity index (χ1) is 10.6. The second kappa shape index (κ2) is 7.37. The van der Waals surface area contributed by atoms with Crippen LogP contribution in [0, 0.1) is 0 Å². The Morgan fingerprint density at radius 2 is 2.00 bits per heavy atom. The van der Waals surface area contributed by atoms with E-state index in [1.807, 2.05) is 30.3 Å². The van der Waals surface area contributed by atoms with Crippen molar-refractivity contribution in [2.24, 2.45) is 5.73 Å². The molecule has 0 spiro atoms. The highest BCUT2D eigenvalue weighted by Gasteiger charge is 2.16. The third-order valence-electron chi connectivity index (χ3n) is 2.96. The summed E-state index contributed by atoms with van der Waals surface area (Å²) in [5, 5.41) is 5.08. The Kier molecular flexibility index (Phi) is 5.26. The van der Waals surface area contributed by atoms with E-state index in [0.717, 1.165) is 5.56 Å². The number of benzene rings is 1. The summed E-state index contributed by atoms with van der Waals surface area (Å²) in [4.78, 5) is 26.8. The van der Waals surface area contributed by atoms with Gasteiger partial charge in [0.15, 0.2) is 5.76 Å². The number of oxazole rings is 1. The molecule has 2 rings (SSSR count). The average Bonchev–Trinajstić information content (AvgIpc) is 3.03. The third kappa shape index (κ3) is 4.16. The summed E-state index contributed by atoms with van der Waals surface area (Å²) in [5.74, 6) is 0.310. The minimum absolute atomic E-state index is 0.132. The summed E-state index contributed by atoms with van der Waals surface area (Å²) in [6, 6.07) is 9.15. The number of aromatic nitrogens is 1. The topological polar surface area (TPSA) is 110 Å². The third-order valence-corrected chi connectivity index (χ3v) is 2.96. The van der Waals surface area contributed by atoms with Gasteiger partial charge < -0.3 is 20.8 Å². The summed E-state index contributed by atoms with van der Waals surface area (Å²) >= 11 is 0. The van der Waals surface area contributed by atoms with E-state index in [1.54, 1.807) is 13.1 Å². The van der Waals surface area contributed by atoms with Crippen LogP contribution in [0.15, 0.2) is 40.9 Å². The van der Waals surface area contributed by atoms with Crippen LogP contribution in [0.2, 0.25) is 0 Å². The predicted molar refractivity (Wildman–Crippen MR) is 80.6 cm³/mol. The molecule has 116 valence electrons. The van der Waals surface area contributed by atoms with Crippen molar-refractivity contribution >= 4 is 11.8 Å². The van der Waals surface area contributed by atoms with E-state index in [2.05, 4.69) is 15.6 Å². The van der Waals surface area contributed by atoms with Gasteiger partial charge in [-0.3, -0.25) is 9.59 Å². The number of rotatable bonds is 6. The highest BCUT2D eigenvalue weighted by atomic mass is 16.4. The smallest absolute Gasteiger partial charge is 0.240 e. The lowest BCUT2D eigenvalue weighted by molar-refractivity contribution is -0.125. The predicted octanol–water partition coefficient (Wildman–Crippen LogP) is 0.594. The Balaban J connectivity index is 1.93. The van der Waals surface area contributed by atoms with Gasteiger partial charge >= 0.3 is 0 Å². The highest BCUT2D eigenvalue weighted by molar-refractivity contribution is 5.85. The minimum Gasteiger partial charge on any atom is -0.438 e. The fraction of sp³-hybridized carbons (Fsp3) is 0.267. The zero-order valence-corrected chi connectivity index (χ0v) is 12.2. The van der Waals surface area contributed by atoms with E-state index >= 15 is 0 Å². The van der Waals surface area contributed by atoms with E-state index in [9.17, 15) is 9.59 Å². The van der Waals surface area contributed by atoms with E-state index in [4.69, 9.17) is 10.2 Å². The number of carbonyl (C=O) groups excluding carboxylic acids is 2. The molecule has 1 unspecified atom stereocenters. The molecule has 7 nitrogen and oxygen atoms in total. The maximum atomic E-state index is 11.7. The number of nitrogens with zero attached hydrogens (tertiary/aromatic N) is 1. The molecule has 1 heterocycles. The van der Waals surface area contributed by atoms with E-state index in [0.29, 0.717) is 11.7 Å². The number of hydrogen-bond acceptors (Lipinski definition) is 5. The van der Waals surface area contributed by atoms with Crippen LogP contribution in [0.3, 0.4) is 0 Å². The largest absolute Gasteiger partial charge is 0.438 e. The molecule has 0 saturated heterocycles. The van der Waals surface area contributed by atoms with Crippen LogP contribution in [0.4, 0.5) is 0 Å². The fourth-order valence-electron chi connectivity index (χ4n) is 1.83. The van der Waals surface area contributed by atoms with Gasteiger partial charge in [0, 0.05) is 5.56 Å². The van der Waals surface area contributed by atoms with Crippen molar-refractivity contribution in [1.82, 2.24) is 15.6 Å². The van der Waals surface area contributed by atoms with E-state index < -0.39 is 6.04 Å². The van der Waals surface area contributed by atoms with Crippen LogP contribution < -0.4 is 16.4 Å². The van der Waals surface area contributed by atoms with Crippen LogP contribution in [-0.2, 0) is 9.59 Å². The van der Waals surface area contributed by atoms with Gasteiger partial charge in [-0.2, -0.15) is 0 Å². The molecule has 0 fully saturated rings. The number of nitrogens with one attached hydrogen (secondary N) is 2. The number of nitrogens with two attached hydrogens (primary N) is 1. The molecule has 1 atom stereocenters. The molecule has 2 aromatic rings. The van der Waals surface area contributed by atoms with Crippen molar-refractivity contribution in [3.63, 3.8) is 0 Å². The Morgan fingerprint density at radius 1 is 1.27 bits per heavy atom. The number of amides is 2. The molecule has 22 heavy (non-hydrogen) atoms. The molecule has 0 aliphatic heterocycles. The minimum atomic E-state index is -0.403. The second-order valence-corrected chi connectivity index (χ2v) is 4.70. The van der Waals surface area contributed by atoms with Crippen LogP contribution in [0.25, 0.3) is 11.3 Å². The van der Waals surface area contributed by atoms with Crippen molar-refractivity contribution in [2.45, 2.75) is 13.0 Å². The summed E-state index contributed by atoms with van der Waals surface area (Å²) in [5.41, 5.74) is 6.05. The molecule has 1 aromatic heterocycles. The monoisotopic (exact) mass is 302 g/mol. The lowest BCUT2D eigenvalue weighted by Gasteiger charge is -2.10. The Hall–Kier alpha value is -2.67. The van der Waals surface area contributed by atoms with Gasteiger partial charge in [0.25, 0.3) is 0 Å². The average molecular weight is 302 g/mol. The zero-order valence-electron chi connectivity index (χ0n) is 12.2. The fourth-order valence-corrected chi connectivity index (χ4v) is 1.83. The van der Waals surface area contributed by atoms with Crippen molar-refractivity contribution in [3.05, 3.63) is 42.4 Å². The van der Waals surface area contributed by atoms with E-state index in [1.165, 1.54) is 0 Å². The number of carbonyl (C=O) groups is 2. The first-order valence-corrected chi connectivity index (χ1v) is 6.87. The molecule has 2 amide bonds. The maximum Gasteiger partial charge on any atom is 0.240 e. The van der Waals surface area contributed by atoms with Gasteiger partial charge in [0.2, 0.25) is 17.7 Å². The molecule has 0 bridgehead atoms. The normalized spacial score (nSPS) is 11.7. The molecular formula is C15H18N4O3. The van der Waals surface area contributed by atoms with Gasteiger partial charge in [-0.1, -0.05) is 30.3 Å². The van der Waals surface area contributed by atoms with Crippen molar-refractivity contribution in [3.8, 4) is 11.3 Å². The molecule has 7 heteroatoms. The molecule has 0 saturated carbocycles. The quantitative estimate of drug-likeness (QED) is 0.723. The van der Waals surface area contributed by atoms with Gasteiger partial charge in [-0.25, -0.2) is 4.98 Å². The lowest BCUT2D eigenvalue weighted by Crippen LogP contribution is -2.40. The van der Waals surface area contributed by atoms with Crippen LogP contribution in [0.5, 0.6) is 0 Å². The second-order valence-electron chi connectivity index (χ2n) is 4.70. The molecule has 0 aliphatic rings. The molecule has 1 aromatic carbocycles. The summed E-state index contributed by atoms with van der Waals surface area (Å²) in [6.45, 7) is 1.47. The van der Waals surface area contributed by atoms with Crippen LogP contribution >= 0.6 is 0 Å².